The summed E-state index contributed by atoms with van der Waals surface area (Å²) in [5.41, 5.74) is 4.22. The van der Waals surface area contributed by atoms with Crippen molar-refractivity contribution in [2.24, 2.45) is 0 Å². The summed E-state index contributed by atoms with van der Waals surface area (Å²) < 4.78 is 0.445. The molecule has 0 aliphatic carbocycles. The van der Waals surface area contributed by atoms with Crippen LogP contribution in [0.1, 0.15) is 6.92 Å². The van der Waals surface area contributed by atoms with E-state index >= 15 is 0 Å². The lowest BCUT2D eigenvalue weighted by Crippen LogP contribution is -2.23. The van der Waals surface area contributed by atoms with Gasteiger partial charge in [-0.15, -0.1) is 4.73 Å². The van der Waals surface area contributed by atoms with Gasteiger partial charge in [-0.25, -0.2) is 9.78 Å². The van der Waals surface area contributed by atoms with Crippen molar-refractivity contribution in [2.45, 2.75) is 6.92 Å². The van der Waals surface area contributed by atoms with Crippen LogP contribution < -0.4 is 15.9 Å². The largest absolute Gasteiger partial charge is 0.422 e. The van der Waals surface area contributed by atoms with Crippen LogP contribution in [0.25, 0.3) is 22.2 Å². The van der Waals surface area contributed by atoms with E-state index in [1.165, 1.54) is 6.20 Å². The Bertz CT molecular complexity index is 1300. The average molecular weight is 399 g/mol. The lowest BCUT2D eigenvalue weighted by Gasteiger charge is -2.19. The van der Waals surface area contributed by atoms with Gasteiger partial charge >= 0.3 is 5.69 Å². The molecule has 0 radical (unpaired) electrons. The fraction of sp³-hybridized carbons (Fsp3) is 0.0870. The predicted molar refractivity (Wildman–Crippen MR) is 119 cm³/mol. The Morgan fingerprint density at radius 1 is 1.10 bits per heavy atom. The van der Waals surface area contributed by atoms with Gasteiger partial charge in [-0.2, -0.15) is 4.98 Å². The van der Waals surface area contributed by atoms with E-state index in [9.17, 15) is 10.0 Å². The fourth-order valence-electron chi connectivity index (χ4n) is 3.15. The molecule has 0 bridgehead atoms. The lowest BCUT2D eigenvalue weighted by molar-refractivity contribution is 0.182. The topological polar surface area (TPSA) is 83.3 Å². The fourth-order valence-corrected chi connectivity index (χ4v) is 3.15. The zero-order valence-corrected chi connectivity index (χ0v) is 16.7. The molecule has 7 nitrogen and oxygen atoms in total. The predicted octanol–water partition coefficient (Wildman–Crippen LogP) is 4.41. The Balaban J connectivity index is 1.67. The zero-order chi connectivity index (χ0) is 21.3. The number of fused-ring (bicyclic) bond motifs is 1. The van der Waals surface area contributed by atoms with Gasteiger partial charge in [0.25, 0.3) is 0 Å². The Labute approximate surface area is 173 Å². The molecule has 0 fully saturated rings. The molecule has 0 aliphatic rings. The second kappa shape index (κ2) is 7.71. The van der Waals surface area contributed by atoms with Crippen LogP contribution in [0.5, 0.6) is 0 Å². The quantitative estimate of drug-likeness (QED) is 0.484. The highest BCUT2D eigenvalue weighted by atomic mass is 16.5. The van der Waals surface area contributed by atoms with Crippen molar-refractivity contribution < 1.29 is 5.21 Å². The second-order valence-electron chi connectivity index (χ2n) is 6.98. The second-order valence-corrected chi connectivity index (χ2v) is 6.98. The third-order valence-corrected chi connectivity index (χ3v) is 4.92. The van der Waals surface area contributed by atoms with Gasteiger partial charge in [0, 0.05) is 30.3 Å². The molecule has 0 saturated carbocycles. The maximum Gasteiger partial charge on any atom is 0.384 e. The molecular weight excluding hydrogens is 378 g/mol. The normalized spacial score (nSPS) is 10.7. The first-order valence-electron chi connectivity index (χ1n) is 9.38. The minimum absolute atomic E-state index is 0.147. The number of hydrogen-bond donors (Lipinski definition) is 2. The first-order valence-corrected chi connectivity index (χ1v) is 9.38. The van der Waals surface area contributed by atoms with Crippen molar-refractivity contribution in [3.05, 3.63) is 89.6 Å². The van der Waals surface area contributed by atoms with E-state index in [4.69, 9.17) is 0 Å². The third kappa shape index (κ3) is 3.60. The van der Waals surface area contributed by atoms with Crippen LogP contribution in [-0.4, -0.2) is 27.0 Å². The highest BCUT2D eigenvalue weighted by molar-refractivity contribution is 5.88. The molecule has 7 heteroatoms. The number of hydrogen-bond acceptors (Lipinski definition) is 6. The Hall–Kier alpha value is -4.13. The van der Waals surface area contributed by atoms with Gasteiger partial charge in [0.1, 0.15) is 5.82 Å². The van der Waals surface area contributed by atoms with E-state index in [1.807, 2.05) is 55.3 Å². The molecule has 2 heterocycles. The van der Waals surface area contributed by atoms with Crippen LogP contribution in [0.4, 0.5) is 17.2 Å². The Morgan fingerprint density at radius 2 is 1.87 bits per heavy atom. The van der Waals surface area contributed by atoms with Crippen molar-refractivity contribution in [3.8, 4) is 11.1 Å². The summed E-state index contributed by atoms with van der Waals surface area (Å²) >= 11 is 0. The molecule has 150 valence electrons. The molecule has 2 aromatic carbocycles. The zero-order valence-electron chi connectivity index (χ0n) is 16.7. The first-order chi connectivity index (χ1) is 14.4. The molecule has 0 unspecified atom stereocenters. The number of aromatic nitrogens is 3. The van der Waals surface area contributed by atoms with Crippen LogP contribution in [-0.2, 0) is 0 Å². The van der Waals surface area contributed by atoms with E-state index < -0.39 is 5.69 Å². The van der Waals surface area contributed by atoms with Crippen LogP contribution in [0.15, 0.2) is 83.9 Å². The number of rotatable bonds is 5. The minimum Gasteiger partial charge on any atom is -0.422 e. The highest BCUT2D eigenvalue weighted by Crippen LogP contribution is 2.28. The summed E-state index contributed by atoms with van der Waals surface area (Å²) in [5.74, 6) is 0.337. The van der Waals surface area contributed by atoms with Gasteiger partial charge in [-0.05, 0) is 54.4 Å². The molecule has 2 aromatic heterocycles. The highest BCUT2D eigenvalue weighted by Gasteiger charge is 2.11. The number of nitrogens with one attached hydrogen (secondary N) is 1. The number of allylic oxidation sites excluding steroid dienone is 1. The molecule has 2 N–H and O–H groups in total. The monoisotopic (exact) mass is 399 g/mol. The van der Waals surface area contributed by atoms with Crippen molar-refractivity contribution in [2.75, 3.05) is 17.3 Å². The summed E-state index contributed by atoms with van der Waals surface area (Å²) in [4.78, 5) is 22.0. The minimum atomic E-state index is -0.794. The number of pyridine rings is 1. The van der Waals surface area contributed by atoms with Crippen molar-refractivity contribution in [3.63, 3.8) is 0 Å². The molecule has 4 rings (SSSR count). The summed E-state index contributed by atoms with van der Waals surface area (Å²) in [6.07, 6.45) is 1.51. The van der Waals surface area contributed by atoms with Crippen molar-refractivity contribution in [1.82, 2.24) is 14.7 Å². The van der Waals surface area contributed by atoms with Gasteiger partial charge in [-0.3, -0.25) is 0 Å². The maximum absolute atomic E-state index is 12.0. The van der Waals surface area contributed by atoms with Crippen molar-refractivity contribution >= 4 is 28.2 Å². The van der Waals surface area contributed by atoms with Crippen molar-refractivity contribution in [1.29, 1.82) is 0 Å². The van der Waals surface area contributed by atoms with E-state index in [-0.39, 0.29) is 5.65 Å². The van der Waals surface area contributed by atoms with Crippen LogP contribution in [0, 0.1) is 0 Å². The van der Waals surface area contributed by atoms with Gasteiger partial charge < -0.3 is 15.4 Å². The summed E-state index contributed by atoms with van der Waals surface area (Å²) in [6.45, 7) is 5.93. The molecule has 0 atom stereocenters. The summed E-state index contributed by atoms with van der Waals surface area (Å²) in [7, 11) is 1.98. The smallest absolute Gasteiger partial charge is 0.384 e. The van der Waals surface area contributed by atoms with E-state index in [0.29, 0.717) is 15.9 Å². The van der Waals surface area contributed by atoms with Crippen LogP contribution in [0.3, 0.4) is 0 Å². The third-order valence-electron chi connectivity index (χ3n) is 4.92. The van der Waals surface area contributed by atoms with Crippen LogP contribution >= 0.6 is 0 Å². The van der Waals surface area contributed by atoms with Crippen LogP contribution in [0.2, 0.25) is 0 Å². The molecular formula is C23H21N5O2. The number of anilines is 3. The molecule has 4 aromatic rings. The average Bonchev–Trinajstić information content (AvgIpc) is 2.77. The Kier molecular flexibility index (Phi) is 4.93. The number of nitrogens with zero attached hydrogens (tertiary/aromatic N) is 4. The van der Waals surface area contributed by atoms with Gasteiger partial charge in [-0.1, -0.05) is 30.8 Å². The van der Waals surface area contributed by atoms with E-state index in [2.05, 4.69) is 34.0 Å². The van der Waals surface area contributed by atoms with Gasteiger partial charge in [0.05, 0.1) is 5.39 Å². The standard InChI is InChI=1S/C23H21N5O2/c1-15(2)27(3)19-11-9-16(10-12-19)17-6-4-7-18(14-17)25-21-20-8-5-13-24-22(20)28(30)23(29)26-21/h4-14,30H,1H2,2-3H3,(H,25,26,29). The molecule has 0 saturated heterocycles. The SMILES string of the molecule is C=C(C)N(C)c1ccc(-c2cccc(Nc3nc(=O)n(O)c4ncccc34)c2)cc1. The molecule has 0 spiro atoms. The molecule has 0 aliphatic heterocycles. The van der Waals surface area contributed by atoms with E-state index in [1.54, 1.807) is 12.1 Å². The maximum atomic E-state index is 12.0. The first kappa shape index (κ1) is 19.2. The van der Waals surface area contributed by atoms with Gasteiger partial charge in [0.2, 0.25) is 0 Å². The van der Waals surface area contributed by atoms with E-state index in [0.717, 1.165) is 28.2 Å². The molecule has 0 amide bonds. The summed E-state index contributed by atoms with van der Waals surface area (Å²) in [5, 5.41) is 13.6. The summed E-state index contributed by atoms with van der Waals surface area (Å²) in [6, 6.07) is 19.5. The molecule has 30 heavy (non-hydrogen) atoms. The number of benzene rings is 2. The Morgan fingerprint density at radius 3 is 2.60 bits per heavy atom. The van der Waals surface area contributed by atoms with Gasteiger partial charge in [0.15, 0.2) is 5.65 Å². The lowest BCUT2D eigenvalue weighted by atomic mass is 10.0.